The number of aliphatic hydroxyl groups is 1. The molecule has 0 radical (unpaired) electrons. The molecule has 1 aliphatic rings. The van der Waals surface area contributed by atoms with E-state index in [0.717, 1.165) is 34.4 Å². The topological polar surface area (TPSA) is 59.7 Å². The van der Waals surface area contributed by atoms with E-state index in [0.29, 0.717) is 17.8 Å². The van der Waals surface area contributed by atoms with Crippen molar-refractivity contribution in [1.29, 1.82) is 0 Å². The Bertz CT molecular complexity index is 621. The molecule has 90 valence electrons. The van der Waals surface area contributed by atoms with Gasteiger partial charge in [0.15, 0.2) is 11.3 Å². The lowest BCUT2D eigenvalue weighted by Crippen LogP contribution is -2.10. The smallest absolute Gasteiger partial charge is 0.396 e. The minimum Gasteiger partial charge on any atom is -0.493 e. The second kappa shape index (κ2) is 3.58. The summed E-state index contributed by atoms with van der Waals surface area (Å²) >= 11 is 1.06. The second-order valence-electron chi connectivity index (χ2n) is 4.48. The molecular weight excluding hydrogens is 240 g/mol. The molecule has 5 heteroatoms. The van der Waals surface area contributed by atoms with E-state index in [4.69, 9.17) is 9.15 Å². The third-order valence-electron chi connectivity index (χ3n) is 3.04. The largest absolute Gasteiger partial charge is 0.493 e. The van der Waals surface area contributed by atoms with Crippen LogP contribution in [0, 0.1) is 0 Å². The van der Waals surface area contributed by atoms with Crippen molar-refractivity contribution in [3.63, 3.8) is 0 Å². The summed E-state index contributed by atoms with van der Waals surface area (Å²) < 4.78 is 11.0. The van der Waals surface area contributed by atoms with Crippen molar-refractivity contribution in [3.05, 3.63) is 27.4 Å². The average Bonchev–Trinajstić information content (AvgIpc) is 2.86. The number of methoxy groups -OCH3 is 1. The van der Waals surface area contributed by atoms with E-state index in [-0.39, 0.29) is 4.94 Å². The van der Waals surface area contributed by atoms with Gasteiger partial charge < -0.3 is 14.3 Å². The molecule has 1 saturated carbocycles. The highest BCUT2D eigenvalue weighted by Crippen LogP contribution is 2.40. The molecule has 0 spiro atoms. The maximum atomic E-state index is 11.2. The summed E-state index contributed by atoms with van der Waals surface area (Å²) in [6.45, 7) is 0. The summed E-state index contributed by atoms with van der Waals surface area (Å²) in [6.07, 6.45) is 2.29. The Morgan fingerprint density at radius 2 is 2.29 bits per heavy atom. The van der Waals surface area contributed by atoms with Crippen molar-refractivity contribution < 1.29 is 14.3 Å². The van der Waals surface area contributed by atoms with E-state index >= 15 is 0 Å². The first kappa shape index (κ1) is 10.8. The van der Waals surface area contributed by atoms with Crippen molar-refractivity contribution in [1.82, 2.24) is 0 Å². The molecule has 0 atom stereocenters. The molecule has 1 fully saturated rings. The lowest BCUT2D eigenvalue weighted by atomic mass is 10.1. The summed E-state index contributed by atoms with van der Waals surface area (Å²) in [6, 6.07) is 3.72. The fraction of sp³-hybridized carbons (Fsp3) is 0.417. The molecule has 1 aliphatic carbocycles. The Morgan fingerprint density at radius 1 is 1.53 bits per heavy atom. The van der Waals surface area contributed by atoms with Crippen molar-refractivity contribution >= 4 is 21.6 Å². The SMILES string of the molecule is COc1cc(CC2(O)CC2)cc2sc(=O)oc12. The van der Waals surface area contributed by atoms with Crippen molar-refractivity contribution in [2.45, 2.75) is 24.9 Å². The summed E-state index contributed by atoms with van der Waals surface area (Å²) in [5.41, 5.74) is 0.924. The number of hydrogen-bond donors (Lipinski definition) is 1. The van der Waals surface area contributed by atoms with Gasteiger partial charge in [0.25, 0.3) is 0 Å². The highest BCUT2D eigenvalue weighted by molar-refractivity contribution is 7.16. The maximum absolute atomic E-state index is 11.2. The van der Waals surface area contributed by atoms with E-state index in [1.807, 2.05) is 12.1 Å². The molecule has 2 aromatic rings. The molecule has 1 aromatic carbocycles. The number of fused-ring (bicyclic) bond motifs is 1. The van der Waals surface area contributed by atoms with Crippen LogP contribution in [0.5, 0.6) is 5.75 Å². The molecule has 0 bridgehead atoms. The first-order chi connectivity index (χ1) is 8.09. The van der Waals surface area contributed by atoms with Gasteiger partial charge in [0.05, 0.1) is 17.4 Å². The summed E-state index contributed by atoms with van der Waals surface area (Å²) in [4.78, 5) is 10.9. The molecule has 17 heavy (non-hydrogen) atoms. The fourth-order valence-corrected chi connectivity index (χ4v) is 2.71. The van der Waals surface area contributed by atoms with Gasteiger partial charge in [-0.3, -0.25) is 0 Å². The van der Waals surface area contributed by atoms with Gasteiger partial charge in [0.1, 0.15) is 0 Å². The van der Waals surface area contributed by atoms with E-state index in [1.165, 1.54) is 0 Å². The van der Waals surface area contributed by atoms with Crippen LogP contribution in [0.3, 0.4) is 0 Å². The number of hydrogen-bond acceptors (Lipinski definition) is 5. The van der Waals surface area contributed by atoms with Crippen molar-refractivity contribution in [2.75, 3.05) is 7.11 Å². The van der Waals surface area contributed by atoms with E-state index < -0.39 is 5.60 Å². The summed E-state index contributed by atoms with van der Waals surface area (Å²) in [7, 11) is 1.54. The quantitative estimate of drug-likeness (QED) is 0.906. The molecule has 0 amide bonds. The van der Waals surface area contributed by atoms with E-state index in [9.17, 15) is 9.90 Å². The van der Waals surface area contributed by atoms with E-state index in [2.05, 4.69) is 0 Å². The van der Waals surface area contributed by atoms with Gasteiger partial charge >= 0.3 is 4.94 Å². The van der Waals surface area contributed by atoms with Gasteiger partial charge in [-0.2, -0.15) is 0 Å². The summed E-state index contributed by atoms with van der Waals surface area (Å²) in [5, 5.41) is 9.90. The monoisotopic (exact) mass is 252 g/mol. The predicted molar refractivity (Wildman–Crippen MR) is 64.8 cm³/mol. The molecule has 1 heterocycles. The van der Waals surface area contributed by atoms with Crippen LogP contribution in [-0.4, -0.2) is 17.8 Å². The van der Waals surface area contributed by atoms with Gasteiger partial charge in [-0.25, -0.2) is 4.79 Å². The Morgan fingerprint density at radius 3 is 2.94 bits per heavy atom. The molecule has 4 nitrogen and oxygen atoms in total. The minimum atomic E-state index is -0.548. The number of ether oxygens (including phenoxy) is 1. The second-order valence-corrected chi connectivity index (χ2v) is 5.46. The van der Waals surface area contributed by atoms with Gasteiger partial charge in [0, 0.05) is 6.42 Å². The van der Waals surface area contributed by atoms with Crippen LogP contribution in [0.15, 0.2) is 21.3 Å². The average molecular weight is 252 g/mol. The lowest BCUT2D eigenvalue weighted by Gasteiger charge is -2.09. The van der Waals surface area contributed by atoms with Crippen molar-refractivity contribution in [2.24, 2.45) is 0 Å². The van der Waals surface area contributed by atoms with Crippen LogP contribution in [0.2, 0.25) is 0 Å². The van der Waals surface area contributed by atoms with Gasteiger partial charge in [-0.1, -0.05) is 11.3 Å². The Labute approximate surface area is 101 Å². The molecule has 1 aromatic heterocycles. The molecule has 0 aliphatic heterocycles. The number of rotatable bonds is 3. The van der Waals surface area contributed by atoms with Crippen LogP contribution in [0.25, 0.3) is 10.3 Å². The van der Waals surface area contributed by atoms with Crippen LogP contribution < -0.4 is 9.68 Å². The van der Waals surface area contributed by atoms with Gasteiger partial charge in [-0.05, 0) is 30.5 Å². The first-order valence-electron chi connectivity index (χ1n) is 5.43. The third-order valence-corrected chi connectivity index (χ3v) is 3.81. The Hall–Kier alpha value is -1.33. The highest BCUT2D eigenvalue weighted by Gasteiger charge is 2.40. The molecular formula is C12H12O4S. The molecule has 1 N–H and O–H groups in total. The molecule has 3 rings (SSSR count). The van der Waals surface area contributed by atoms with Crippen LogP contribution in [0.1, 0.15) is 18.4 Å². The van der Waals surface area contributed by atoms with Crippen LogP contribution >= 0.6 is 11.3 Å². The Kier molecular flexibility index (Phi) is 2.27. The Balaban J connectivity index is 2.10. The van der Waals surface area contributed by atoms with Crippen LogP contribution in [0.4, 0.5) is 0 Å². The zero-order valence-electron chi connectivity index (χ0n) is 9.36. The fourth-order valence-electron chi connectivity index (χ4n) is 1.96. The lowest BCUT2D eigenvalue weighted by molar-refractivity contribution is 0.151. The normalized spacial score (nSPS) is 17.3. The molecule has 0 unspecified atom stereocenters. The van der Waals surface area contributed by atoms with Crippen molar-refractivity contribution in [3.8, 4) is 5.75 Å². The first-order valence-corrected chi connectivity index (χ1v) is 6.24. The highest BCUT2D eigenvalue weighted by atomic mass is 32.1. The maximum Gasteiger partial charge on any atom is 0.396 e. The third kappa shape index (κ3) is 1.96. The van der Waals surface area contributed by atoms with Crippen LogP contribution in [-0.2, 0) is 6.42 Å². The van der Waals surface area contributed by atoms with Gasteiger partial charge in [0.2, 0.25) is 0 Å². The zero-order valence-corrected chi connectivity index (χ0v) is 10.2. The summed E-state index contributed by atoms with van der Waals surface area (Å²) in [5.74, 6) is 0.556. The zero-order chi connectivity index (χ0) is 12.0. The van der Waals surface area contributed by atoms with Gasteiger partial charge in [-0.15, -0.1) is 0 Å². The predicted octanol–water partition coefficient (Wildman–Crippen LogP) is 1.93. The number of benzene rings is 1. The standard InChI is InChI=1S/C12H12O4S/c1-15-8-4-7(6-12(14)2-3-12)5-9-10(8)16-11(13)17-9/h4-5,14H,2-3,6H2,1H3. The van der Waals surface area contributed by atoms with E-state index in [1.54, 1.807) is 7.11 Å². The molecule has 0 saturated heterocycles. The minimum absolute atomic E-state index is 0.333.